The number of hydrogen-bond donors (Lipinski definition) is 0. The van der Waals surface area contributed by atoms with Crippen LogP contribution >= 0.6 is 0 Å². The molecule has 0 aromatic carbocycles. The van der Waals surface area contributed by atoms with Crippen molar-refractivity contribution in [3.05, 3.63) is 0 Å². The Kier molecular flexibility index (Phi) is 1.59. The van der Waals surface area contributed by atoms with E-state index in [9.17, 15) is 9.28 Å². The number of amides is 1. The van der Waals surface area contributed by atoms with Crippen molar-refractivity contribution in [2.75, 3.05) is 0 Å². The SMILES string of the molecule is O=C1C2CCCCC(C2)N1F. The molecule has 11 heavy (non-hydrogen) atoms. The van der Waals surface area contributed by atoms with Gasteiger partial charge in [-0.05, 0) is 19.3 Å². The summed E-state index contributed by atoms with van der Waals surface area (Å²) in [4.78, 5) is 11.1. The average molecular weight is 157 g/mol. The molecule has 0 aromatic rings. The Labute approximate surface area is 65.3 Å². The van der Waals surface area contributed by atoms with Crippen molar-refractivity contribution in [2.45, 2.75) is 38.1 Å². The van der Waals surface area contributed by atoms with Crippen molar-refractivity contribution < 1.29 is 9.28 Å². The Bertz CT molecular complexity index is 183. The van der Waals surface area contributed by atoms with Gasteiger partial charge in [-0.3, -0.25) is 4.79 Å². The van der Waals surface area contributed by atoms with Crippen LogP contribution in [0.25, 0.3) is 0 Å². The average Bonchev–Trinajstić information content (AvgIpc) is 2.31. The van der Waals surface area contributed by atoms with Crippen LogP contribution in [0.15, 0.2) is 0 Å². The molecule has 1 saturated heterocycles. The molecule has 2 atom stereocenters. The van der Waals surface area contributed by atoms with Crippen LogP contribution in [0, 0.1) is 5.92 Å². The highest BCUT2D eigenvalue weighted by Crippen LogP contribution is 2.34. The first-order valence-electron chi connectivity index (χ1n) is 4.28. The highest BCUT2D eigenvalue weighted by atomic mass is 19.2. The largest absolute Gasteiger partial charge is 0.272 e. The first-order valence-corrected chi connectivity index (χ1v) is 4.28. The second-order valence-corrected chi connectivity index (χ2v) is 3.52. The lowest BCUT2D eigenvalue weighted by atomic mass is 10.0. The molecule has 0 aromatic heterocycles. The van der Waals surface area contributed by atoms with E-state index in [1.165, 1.54) is 0 Å². The van der Waals surface area contributed by atoms with E-state index < -0.39 is 0 Å². The van der Waals surface area contributed by atoms with Crippen LogP contribution in [-0.4, -0.2) is 17.1 Å². The van der Waals surface area contributed by atoms with Gasteiger partial charge in [-0.15, -0.1) is 0 Å². The molecule has 2 unspecified atom stereocenters. The third-order valence-corrected chi connectivity index (χ3v) is 2.78. The third-order valence-electron chi connectivity index (χ3n) is 2.78. The molecule has 2 fully saturated rings. The molecule has 0 spiro atoms. The summed E-state index contributed by atoms with van der Waals surface area (Å²) >= 11 is 0. The van der Waals surface area contributed by atoms with Gasteiger partial charge in [0.2, 0.25) is 0 Å². The van der Waals surface area contributed by atoms with Crippen LogP contribution in [0.5, 0.6) is 0 Å². The van der Waals surface area contributed by atoms with Crippen molar-refractivity contribution in [1.29, 1.82) is 0 Å². The van der Waals surface area contributed by atoms with Crippen molar-refractivity contribution in [2.24, 2.45) is 5.92 Å². The second-order valence-electron chi connectivity index (χ2n) is 3.52. The number of nitrogens with zero attached hydrogens (tertiary/aromatic N) is 1. The summed E-state index contributed by atoms with van der Waals surface area (Å²) in [6.07, 6.45) is 4.69. The van der Waals surface area contributed by atoms with Crippen LogP contribution < -0.4 is 0 Å². The summed E-state index contributed by atoms with van der Waals surface area (Å²) < 4.78 is 12.9. The molecule has 1 heterocycles. The van der Waals surface area contributed by atoms with E-state index in [2.05, 4.69) is 0 Å². The maximum atomic E-state index is 12.9. The van der Waals surface area contributed by atoms with Gasteiger partial charge in [-0.1, -0.05) is 17.3 Å². The minimum absolute atomic E-state index is 0.00694. The maximum absolute atomic E-state index is 12.9. The lowest BCUT2D eigenvalue weighted by Crippen LogP contribution is -2.26. The van der Waals surface area contributed by atoms with Crippen molar-refractivity contribution in [3.8, 4) is 0 Å². The summed E-state index contributed by atoms with van der Waals surface area (Å²) in [5, 5.41) is 0.462. The highest BCUT2D eigenvalue weighted by molar-refractivity contribution is 5.80. The van der Waals surface area contributed by atoms with Gasteiger partial charge in [0.15, 0.2) is 0 Å². The quantitative estimate of drug-likeness (QED) is 0.490. The number of fused-ring (bicyclic) bond motifs is 2. The lowest BCUT2D eigenvalue weighted by molar-refractivity contribution is -0.148. The molecule has 1 saturated carbocycles. The predicted molar refractivity (Wildman–Crippen MR) is 38.3 cm³/mol. The standard InChI is InChI=1S/C8H12FNO/c9-10-7-4-2-1-3-6(5-7)8(10)11/h6-7H,1-5H2. The summed E-state index contributed by atoms with van der Waals surface area (Å²) in [7, 11) is 0. The zero-order chi connectivity index (χ0) is 7.84. The first-order chi connectivity index (χ1) is 5.29. The van der Waals surface area contributed by atoms with E-state index in [4.69, 9.17) is 0 Å². The van der Waals surface area contributed by atoms with Gasteiger partial charge in [-0.25, -0.2) is 0 Å². The van der Waals surface area contributed by atoms with Gasteiger partial charge in [0.05, 0.1) is 6.04 Å². The maximum Gasteiger partial charge on any atom is 0.253 e. The van der Waals surface area contributed by atoms with Gasteiger partial charge in [-0.2, -0.15) is 5.12 Å². The second kappa shape index (κ2) is 2.47. The molecule has 1 aliphatic heterocycles. The van der Waals surface area contributed by atoms with E-state index in [0.29, 0.717) is 5.12 Å². The van der Waals surface area contributed by atoms with E-state index in [0.717, 1.165) is 32.1 Å². The molecular formula is C8H12FNO. The lowest BCUT2D eigenvalue weighted by Gasteiger charge is -2.14. The zero-order valence-corrected chi connectivity index (χ0v) is 6.42. The normalized spacial score (nSPS) is 37.5. The van der Waals surface area contributed by atoms with Gasteiger partial charge < -0.3 is 0 Å². The Hall–Kier alpha value is -0.600. The summed E-state index contributed by atoms with van der Waals surface area (Å²) in [5.41, 5.74) is 0. The van der Waals surface area contributed by atoms with Gasteiger partial charge in [0, 0.05) is 5.92 Å². The Morgan fingerprint density at radius 1 is 1.36 bits per heavy atom. The third kappa shape index (κ3) is 1.03. The fraction of sp³-hybridized carbons (Fsp3) is 0.875. The molecule has 0 N–H and O–H groups in total. The van der Waals surface area contributed by atoms with Gasteiger partial charge in [0.1, 0.15) is 0 Å². The van der Waals surface area contributed by atoms with E-state index in [-0.39, 0.29) is 17.9 Å². The Morgan fingerprint density at radius 2 is 2.09 bits per heavy atom. The van der Waals surface area contributed by atoms with E-state index >= 15 is 0 Å². The Morgan fingerprint density at radius 3 is 2.91 bits per heavy atom. The van der Waals surface area contributed by atoms with E-state index in [1.54, 1.807) is 0 Å². The molecule has 2 bridgehead atoms. The Balaban J connectivity index is 2.16. The van der Waals surface area contributed by atoms with Crippen LogP contribution in [0.2, 0.25) is 0 Å². The van der Waals surface area contributed by atoms with Crippen LogP contribution in [-0.2, 0) is 4.79 Å². The number of hydrogen-bond acceptors (Lipinski definition) is 1. The van der Waals surface area contributed by atoms with Gasteiger partial charge in [0.25, 0.3) is 5.91 Å². The fourth-order valence-electron chi connectivity index (χ4n) is 2.12. The molecule has 2 aliphatic rings. The highest BCUT2D eigenvalue weighted by Gasteiger charge is 2.40. The summed E-state index contributed by atoms with van der Waals surface area (Å²) in [6, 6.07) is -0.0880. The molecule has 0 radical (unpaired) electrons. The topological polar surface area (TPSA) is 20.3 Å². The van der Waals surface area contributed by atoms with Crippen LogP contribution in [0.3, 0.4) is 0 Å². The number of carbonyl (C=O) groups is 1. The molecule has 2 nitrogen and oxygen atoms in total. The van der Waals surface area contributed by atoms with Crippen molar-refractivity contribution in [1.82, 2.24) is 5.12 Å². The van der Waals surface area contributed by atoms with Crippen molar-refractivity contribution >= 4 is 5.91 Å². The molecular weight excluding hydrogens is 145 g/mol. The van der Waals surface area contributed by atoms with Gasteiger partial charge >= 0.3 is 0 Å². The molecule has 3 heteroatoms. The predicted octanol–water partition coefficient (Wildman–Crippen LogP) is 1.66. The molecule has 1 aliphatic carbocycles. The molecule has 1 amide bonds. The smallest absolute Gasteiger partial charge is 0.253 e. The first kappa shape index (κ1) is 7.07. The minimum atomic E-state index is -0.269. The zero-order valence-electron chi connectivity index (χ0n) is 6.42. The van der Waals surface area contributed by atoms with Crippen LogP contribution in [0.1, 0.15) is 32.1 Å². The van der Waals surface area contributed by atoms with Crippen LogP contribution in [0.4, 0.5) is 4.48 Å². The van der Waals surface area contributed by atoms with Crippen molar-refractivity contribution in [3.63, 3.8) is 0 Å². The fourth-order valence-corrected chi connectivity index (χ4v) is 2.12. The molecule has 2 rings (SSSR count). The number of halogens is 1. The number of carbonyl (C=O) groups excluding carboxylic acids is 1. The summed E-state index contributed by atoms with van der Waals surface area (Å²) in [5.74, 6) is -0.262. The number of rotatable bonds is 0. The molecule has 62 valence electrons. The summed E-state index contributed by atoms with van der Waals surface area (Å²) in [6.45, 7) is 0. The van der Waals surface area contributed by atoms with E-state index in [1.807, 2.05) is 0 Å². The monoisotopic (exact) mass is 157 g/mol. The minimum Gasteiger partial charge on any atom is -0.272 e.